The fourth-order valence-corrected chi connectivity index (χ4v) is 3.02. The molecule has 0 saturated heterocycles. The zero-order chi connectivity index (χ0) is 18.0. The van der Waals surface area contributed by atoms with Crippen LogP contribution in [0, 0.1) is 0 Å². The highest BCUT2D eigenvalue weighted by atomic mass is 16.5. The number of anilines is 2. The molecule has 1 aromatic heterocycles. The Labute approximate surface area is 148 Å². The molecule has 0 aliphatic carbocycles. The van der Waals surface area contributed by atoms with Crippen molar-refractivity contribution >= 4 is 17.7 Å². The van der Waals surface area contributed by atoms with Crippen LogP contribution < -0.4 is 10.2 Å². The van der Waals surface area contributed by atoms with Crippen molar-refractivity contribution in [2.75, 3.05) is 30.9 Å². The highest BCUT2D eigenvalue weighted by Crippen LogP contribution is 2.27. The standard InChI is InChI=1S/C19H24N4O2/c1-12(2)16-10-17(22-19(20-3)21-16)23-8-7-13-9-14(18(24)25-4)5-6-15(13)11-23/h5-6,9-10,12H,7-8,11H2,1-4H3,(H,20,21,22). The van der Waals surface area contributed by atoms with Gasteiger partial charge in [-0.15, -0.1) is 0 Å². The van der Waals surface area contributed by atoms with E-state index in [1.807, 2.05) is 25.2 Å². The molecule has 1 aliphatic heterocycles. The Bertz CT molecular complexity index is 789. The van der Waals surface area contributed by atoms with Crippen LogP contribution in [0.25, 0.3) is 0 Å². The third-order valence-electron chi connectivity index (χ3n) is 4.51. The second kappa shape index (κ2) is 7.09. The van der Waals surface area contributed by atoms with E-state index in [2.05, 4.69) is 40.1 Å². The number of carbonyl (C=O) groups excluding carboxylic acids is 1. The fraction of sp³-hybridized carbons (Fsp3) is 0.421. The van der Waals surface area contributed by atoms with Crippen molar-refractivity contribution in [1.82, 2.24) is 9.97 Å². The van der Waals surface area contributed by atoms with E-state index in [1.54, 1.807) is 0 Å². The van der Waals surface area contributed by atoms with Crippen LogP contribution in [0.1, 0.15) is 46.9 Å². The van der Waals surface area contributed by atoms with E-state index in [4.69, 9.17) is 4.74 Å². The van der Waals surface area contributed by atoms with E-state index in [9.17, 15) is 4.79 Å². The molecule has 0 bridgehead atoms. The summed E-state index contributed by atoms with van der Waals surface area (Å²) in [6.07, 6.45) is 0.871. The molecule has 6 nitrogen and oxygen atoms in total. The van der Waals surface area contributed by atoms with Gasteiger partial charge in [0.15, 0.2) is 0 Å². The largest absolute Gasteiger partial charge is 0.465 e. The smallest absolute Gasteiger partial charge is 0.337 e. The molecular formula is C19H24N4O2. The number of fused-ring (bicyclic) bond motifs is 1. The number of esters is 1. The third-order valence-corrected chi connectivity index (χ3v) is 4.51. The normalized spacial score (nSPS) is 13.6. The van der Waals surface area contributed by atoms with Crippen molar-refractivity contribution in [2.45, 2.75) is 32.7 Å². The second-order valence-electron chi connectivity index (χ2n) is 6.53. The summed E-state index contributed by atoms with van der Waals surface area (Å²) in [5, 5.41) is 3.05. The van der Waals surface area contributed by atoms with Crippen molar-refractivity contribution < 1.29 is 9.53 Å². The van der Waals surface area contributed by atoms with E-state index < -0.39 is 0 Å². The molecule has 132 valence electrons. The minimum atomic E-state index is -0.290. The first-order valence-corrected chi connectivity index (χ1v) is 8.53. The van der Waals surface area contributed by atoms with Gasteiger partial charge < -0.3 is 15.0 Å². The van der Waals surface area contributed by atoms with E-state index in [0.717, 1.165) is 31.0 Å². The van der Waals surface area contributed by atoms with E-state index >= 15 is 0 Å². The third kappa shape index (κ3) is 3.57. The van der Waals surface area contributed by atoms with Crippen LogP contribution >= 0.6 is 0 Å². The van der Waals surface area contributed by atoms with Crippen LogP contribution in [-0.2, 0) is 17.7 Å². The number of hydrogen-bond donors (Lipinski definition) is 1. The van der Waals surface area contributed by atoms with Gasteiger partial charge in [-0.3, -0.25) is 0 Å². The van der Waals surface area contributed by atoms with Gasteiger partial charge in [-0.2, -0.15) is 4.98 Å². The summed E-state index contributed by atoms with van der Waals surface area (Å²) in [6.45, 7) is 5.89. The molecule has 3 rings (SSSR count). The molecule has 1 aromatic carbocycles. The van der Waals surface area contributed by atoms with Gasteiger partial charge in [-0.25, -0.2) is 9.78 Å². The molecule has 2 aromatic rings. The van der Waals surface area contributed by atoms with Crippen LogP contribution in [-0.4, -0.2) is 36.6 Å². The topological polar surface area (TPSA) is 67.4 Å². The van der Waals surface area contributed by atoms with Crippen LogP contribution in [0.15, 0.2) is 24.3 Å². The van der Waals surface area contributed by atoms with Crippen molar-refractivity contribution in [3.63, 3.8) is 0 Å². The maximum atomic E-state index is 11.7. The molecular weight excluding hydrogens is 316 g/mol. The lowest BCUT2D eigenvalue weighted by Gasteiger charge is -2.30. The van der Waals surface area contributed by atoms with Crippen molar-refractivity contribution in [3.8, 4) is 0 Å². The summed E-state index contributed by atoms with van der Waals surface area (Å²) >= 11 is 0. The fourth-order valence-electron chi connectivity index (χ4n) is 3.02. The highest BCUT2D eigenvalue weighted by molar-refractivity contribution is 5.89. The summed E-state index contributed by atoms with van der Waals surface area (Å²) in [7, 11) is 3.24. The van der Waals surface area contributed by atoms with Crippen LogP contribution in [0.3, 0.4) is 0 Å². The molecule has 6 heteroatoms. The van der Waals surface area contributed by atoms with Crippen LogP contribution in [0.4, 0.5) is 11.8 Å². The maximum Gasteiger partial charge on any atom is 0.337 e. The average molecular weight is 340 g/mol. The number of nitrogens with zero attached hydrogens (tertiary/aromatic N) is 3. The van der Waals surface area contributed by atoms with Gasteiger partial charge in [-0.1, -0.05) is 19.9 Å². The number of aromatic nitrogens is 2. The Kier molecular flexibility index (Phi) is 4.88. The molecule has 25 heavy (non-hydrogen) atoms. The Hall–Kier alpha value is -2.63. The predicted molar refractivity (Wildman–Crippen MR) is 98.2 cm³/mol. The van der Waals surface area contributed by atoms with Gasteiger partial charge >= 0.3 is 5.97 Å². The summed E-state index contributed by atoms with van der Waals surface area (Å²) in [5.74, 6) is 1.63. The molecule has 0 spiro atoms. The second-order valence-corrected chi connectivity index (χ2v) is 6.53. The molecule has 2 heterocycles. The van der Waals surface area contributed by atoms with Gasteiger partial charge in [0.05, 0.1) is 18.4 Å². The summed E-state index contributed by atoms with van der Waals surface area (Å²) < 4.78 is 4.81. The number of carbonyl (C=O) groups is 1. The lowest BCUT2D eigenvalue weighted by Crippen LogP contribution is -2.31. The number of nitrogens with one attached hydrogen (secondary N) is 1. The lowest BCUT2D eigenvalue weighted by molar-refractivity contribution is 0.0600. The SMILES string of the molecule is CNc1nc(C(C)C)cc(N2CCc3cc(C(=O)OC)ccc3C2)n1. The Morgan fingerprint density at radius 2 is 2.04 bits per heavy atom. The molecule has 0 saturated carbocycles. The van der Waals surface area contributed by atoms with Crippen molar-refractivity contribution in [3.05, 3.63) is 46.6 Å². The van der Waals surface area contributed by atoms with Crippen LogP contribution in [0.2, 0.25) is 0 Å². The van der Waals surface area contributed by atoms with Crippen LogP contribution in [0.5, 0.6) is 0 Å². The minimum Gasteiger partial charge on any atom is -0.465 e. The first-order valence-electron chi connectivity index (χ1n) is 8.53. The van der Waals surface area contributed by atoms with E-state index in [0.29, 0.717) is 17.4 Å². The van der Waals surface area contributed by atoms with Gasteiger partial charge in [-0.05, 0) is 35.6 Å². The molecule has 0 radical (unpaired) electrons. The number of benzene rings is 1. The maximum absolute atomic E-state index is 11.7. The first kappa shape index (κ1) is 17.2. The first-order chi connectivity index (χ1) is 12.0. The average Bonchev–Trinajstić information content (AvgIpc) is 2.65. The zero-order valence-corrected chi connectivity index (χ0v) is 15.2. The van der Waals surface area contributed by atoms with Gasteiger partial charge in [0.2, 0.25) is 5.95 Å². The Balaban J connectivity index is 1.88. The number of ether oxygens (including phenoxy) is 1. The van der Waals surface area contributed by atoms with Gasteiger partial charge in [0.1, 0.15) is 5.82 Å². The molecule has 0 unspecified atom stereocenters. The number of rotatable bonds is 4. The molecule has 0 fully saturated rings. The number of hydrogen-bond acceptors (Lipinski definition) is 6. The molecule has 0 amide bonds. The molecule has 1 N–H and O–H groups in total. The molecule has 1 aliphatic rings. The number of methoxy groups -OCH3 is 1. The van der Waals surface area contributed by atoms with Gasteiger partial charge in [0.25, 0.3) is 0 Å². The lowest BCUT2D eigenvalue weighted by atomic mass is 9.97. The Morgan fingerprint density at radius 1 is 1.24 bits per heavy atom. The van der Waals surface area contributed by atoms with Gasteiger partial charge in [0, 0.05) is 26.2 Å². The van der Waals surface area contributed by atoms with E-state index in [-0.39, 0.29) is 5.97 Å². The summed E-state index contributed by atoms with van der Waals surface area (Å²) in [6, 6.07) is 7.85. The molecule has 0 atom stereocenters. The Morgan fingerprint density at radius 3 is 2.72 bits per heavy atom. The monoisotopic (exact) mass is 340 g/mol. The van der Waals surface area contributed by atoms with Crippen molar-refractivity contribution in [1.29, 1.82) is 0 Å². The summed E-state index contributed by atoms with van der Waals surface area (Å²) in [5.41, 5.74) is 4.05. The predicted octanol–water partition coefficient (Wildman–Crippen LogP) is 2.99. The highest BCUT2D eigenvalue weighted by Gasteiger charge is 2.20. The summed E-state index contributed by atoms with van der Waals surface area (Å²) in [4.78, 5) is 23.1. The zero-order valence-electron chi connectivity index (χ0n) is 15.2. The minimum absolute atomic E-state index is 0.290. The van der Waals surface area contributed by atoms with E-state index in [1.165, 1.54) is 18.2 Å². The van der Waals surface area contributed by atoms with Crippen molar-refractivity contribution in [2.24, 2.45) is 0 Å². The quantitative estimate of drug-likeness (QED) is 0.863.